The van der Waals surface area contributed by atoms with Crippen molar-refractivity contribution in [3.8, 4) is 0 Å². The highest BCUT2D eigenvalue weighted by Crippen LogP contribution is 1.95. The van der Waals surface area contributed by atoms with E-state index in [1.165, 1.54) is 0 Å². The molecule has 1 heterocycles. The molecule has 0 spiro atoms. The van der Waals surface area contributed by atoms with E-state index in [4.69, 9.17) is 0 Å². The van der Waals surface area contributed by atoms with Crippen molar-refractivity contribution in [2.75, 3.05) is 20.3 Å². The highest BCUT2D eigenvalue weighted by atomic mass is 15.3. The van der Waals surface area contributed by atoms with Gasteiger partial charge in [-0.25, -0.2) is 0 Å². The number of hydrogen-bond acceptors (Lipinski definition) is 2. The molecule has 1 aliphatic heterocycles. The molecule has 2 nitrogen and oxygen atoms in total. The van der Waals surface area contributed by atoms with Crippen LogP contribution < -0.4 is 5.32 Å². The monoisotopic (exact) mass is 98.1 g/mol. The van der Waals surface area contributed by atoms with Gasteiger partial charge in [-0.15, -0.1) is 0 Å². The summed E-state index contributed by atoms with van der Waals surface area (Å²) in [6.07, 6.45) is 0. The molecular formula is C5H10N2. The number of likely N-dealkylation sites (N-methyl/N-ethyl adjacent to an activating group) is 1. The van der Waals surface area contributed by atoms with Gasteiger partial charge in [0.25, 0.3) is 0 Å². The molecule has 0 amide bonds. The second-order valence-corrected chi connectivity index (χ2v) is 1.95. The van der Waals surface area contributed by atoms with Crippen LogP contribution in [-0.2, 0) is 0 Å². The van der Waals surface area contributed by atoms with Crippen molar-refractivity contribution >= 4 is 0 Å². The average molecular weight is 98.1 g/mol. The first kappa shape index (κ1) is 4.65. The summed E-state index contributed by atoms with van der Waals surface area (Å²) < 4.78 is 0. The van der Waals surface area contributed by atoms with Gasteiger partial charge in [0.1, 0.15) is 0 Å². The molecule has 0 aromatic rings. The molecule has 0 aromatic heterocycles. The summed E-state index contributed by atoms with van der Waals surface area (Å²) in [5.74, 6) is 0. The largest absolute Gasteiger partial charge is 0.375 e. The molecule has 1 N–H and O–H groups in total. The van der Waals surface area contributed by atoms with E-state index in [0.717, 1.165) is 18.9 Å². The van der Waals surface area contributed by atoms with Crippen molar-refractivity contribution in [2.45, 2.75) is 0 Å². The van der Waals surface area contributed by atoms with Gasteiger partial charge in [-0.3, -0.25) is 4.90 Å². The maximum absolute atomic E-state index is 3.75. The van der Waals surface area contributed by atoms with Crippen LogP contribution in [0.15, 0.2) is 12.3 Å². The average Bonchev–Trinajstić information content (AvgIpc) is 1.87. The molecule has 0 unspecified atom stereocenters. The fourth-order valence-electron chi connectivity index (χ4n) is 0.684. The van der Waals surface area contributed by atoms with E-state index in [1.54, 1.807) is 0 Å². The summed E-state index contributed by atoms with van der Waals surface area (Å²) >= 11 is 0. The normalized spacial score (nSPS) is 22.7. The molecule has 2 heteroatoms. The summed E-state index contributed by atoms with van der Waals surface area (Å²) in [6, 6.07) is 0. The maximum atomic E-state index is 3.75. The standard InChI is InChI=1S/C5H10N2/c1-5-3-7(2)4-6-5/h6H,1,3-4H2,2H3. The van der Waals surface area contributed by atoms with E-state index < -0.39 is 0 Å². The van der Waals surface area contributed by atoms with E-state index in [2.05, 4.69) is 23.8 Å². The Balaban J connectivity index is 2.40. The van der Waals surface area contributed by atoms with Crippen molar-refractivity contribution in [3.05, 3.63) is 12.3 Å². The lowest BCUT2D eigenvalue weighted by Crippen LogP contribution is -2.15. The number of nitrogens with one attached hydrogen (secondary N) is 1. The van der Waals surface area contributed by atoms with E-state index in [0.29, 0.717) is 0 Å². The van der Waals surface area contributed by atoms with Crippen LogP contribution in [0.3, 0.4) is 0 Å². The molecule has 0 aliphatic carbocycles. The number of nitrogens with zero attached hydrogens (tertiary/aromatic N) is 1. The Hall–Kier alpha value is -0.500. The van der Waals surface area contributed by atoms with Gasteiger partial charge in [-0.1, -0.05) is 6.58 Å². The van der Waals surface area contributed by atoms with Crippen LogP contribution >= 0.6 is 0 Å². The second-order valence-electron chi connectivity index (χ2n) is 1.95. The van der Waals surface area contributed by atoms with E-state index >= 15 is 0 Å². The molecular weight excluding hydrogens is 88.1 g/mol. The number of hydrogen-bond donors (Lipinski definition) is 1. The van der Waals surface area contributed by atoms with Gasteiger partial charge in [-0.2, -0.15) is 0 Å². The fraction of sp³-hybridized carbons (Fsp3) is 0.600. The zero-order chi connectivity index (χ0) is 5.28. The molecule has 0 aromatic carbocycles. The third-order valence-electron chi connectivity index (χ3n) is 1.06. The minimum Gasteiger partial charge on any atom is -0.375 e. The number of rotatable bonds is 0. The zero-order valence-corrected chi connectivity index (χ0v) is 4.57. The van der Waals surface area contributed by atoms with Gasteiger partial charge < -0.3 is 5.32 Å². The Bertz CT molecular complexity index is 88.1. The van der Waals surface area contributed by atoms with Gasteiger partial charge >= 0.3 is 0 Å². The first-order valence-electron chi connectivity index (χ1n) is 2.39. The lowest BCUT2D eigenvalue weighted by atomic mass is 10.5. The third-order valence-corrected chi connectivity index (χ3v) is 1.06. The highest BCUT2D eigenvalue weighted by molar-refractivity contribution is 4.98. The lowest BCUT2D eigenvalue weighted by Gasteiger charge is -1.99. The summed E-state index contributed by atoms with van der Waals surface area (Å²) in [6.45, 7) is 5.71. The molecule has 0 saturated carbocycles. The molecule has 0 radical (unpaired) electrons. The minimum atomic E-state index is 0.957. The quantitative estimate of drug-likeness (QED) is 0.458. The highest BCUT2D eigenvalue weighted by Gasteiger charge is 2.06. The van der Waals surface area contributed by atoms with Crippen molar-refractivity contribution in [3.63, 3.8) is 0 Å². The van der Waals surface area contributed by atoms with E-state index in [9.17, 15) is 0 Å². The summed E-state index contributed by atoms with van der Waals surface area (Å²) in [5, 5.41) is 3.10. The molecule has 40 valence electrons. The Morgan fingerprint density at radius 3 is 2.71 bits per heavy atom. The van der Waals surface area contributed by atoms with Crippen LogP contribution in [0.1, 0.15) is 0 Å². The zero-order valence-electron chi connectivity index (χ0n) is 4.57. The van der Waals surface area contributed by atoms with Gasteiger partial charge in [-0.05, 0) is 7.05 Å². The SMILES string of the molecule is C=C1CN(C)CN1. The minimum absolute atomic E-state index is 0.957. The van der Waals surface area contributed by atoms with Crippen LogP contribution in [0.2, 0.25) is 0 Å². The van der Waals surface area contributed by atoms with Gasteiger partial charge in [0.15, 0.2) is 0 Å². The molecule has 1 fully saturated rings. The van der Waals surface area contributed by atoms with Crippen LogP contribution in [0.5, 0.6) is 0 Å². The molecule has 0 bridgehead atoms. The van der Waals surface area contributed by atoms with Crippen molar-refractivity contribution in [1.82, 2.24) is 10.2 Å². The van der Waals surface area contributed by atoms with Gasteiger partial charge in [0, 0.05) is 12.2 Å². The van der Waals surface area contributed by atoms with E-state index in [-0.39, 0.29) is 0 Å². The van der Waals surface area contributed by atoms with Gasteiger partial charge in [0.05, 0.1) is 6.67 Å². The van der Waals surface area contributed by atoms with Crippen LogP contribution in [0.4, 0.5) is 0 Å². The second kappa shape index (κ2) is 1.54. The summed E-state index contributed by atoms with van der Waals surface area (Å²) in [5.41, 5.74) is 1.13. The van der Waals surface area contributed by atoms with Crippen molar-refractivity contribution in [1.29, 1.82) is 0 Å². The van der Waals surface area contributed by atoms with Gasteiger partial charge in [0.2, 0.25) is 0 Å². The molecule has 1 rings (SSSR count). The Kier molecular flexibility index (Phi) is 1.02. The van der Waals surface area contributed by atoms with Crippen LogP contribution in [0.25, 0.3) is 0 Å². The molecule has 7 heavy (non-hydrogen) atoms. The first-order valence-corrected chi connectivity index (χ1v) is 2.39. The predicted octanol–water partition coefficient (Wildman–Crippen LogP) is -0.00740. The lowest BCUT2D eigenvalue weighted by molar-refractivity contribution is 0.414. The Labute approximate surface area is 43.8 Å². The smallest absolute Gasteiger partial charge is 0.0676 e. The molecule has 1 aliphatic rings. The predicted molar refractivity (Wildman–Crippen MR) is 29.8 cm³/mol. The summed E-state index contributed by atoms with van der Waals surface area (Å²) in [4.78, 5) is 2.17. The van der Waals surface area contributed by atoms with Crippen molar-refractivity contribution in [2.24, 2.45) is 0 Å². The van der Waals surface area contributed by atoms with Crippen LogP contribution in [-0.4, -0.2) is 25.2 Å². The maximum Gasteiger partial charge on any atom is 0.0676 e. The molecule has 0 atom stereocenters. The third kappa shape index (κ3) is 0.933. The Morgan fingerprint density at radius 1 is 1.86 bits per heavy atom. The summed E-state index contributed by atoms with van der Waals surface area (Å²) in [7, 11) is 2.06. The fourth-order valence-corrected chi connectivity index (χ4v) is 0.684. The van der Waals surface area contributed by atoms with Crippen LogP contribution in [0, 0.1) is 0 Å². The van der Waals surface area contributed by atoms with E-state index in [1.807, 2.05) is 0 Å². The topological polar surface area (TPSA) is 15.3 Å². The van der Waals surface area contributed by atoms with Crippen molar-refractivity contribution < 1.29 is 0 Å². The first-order chi connectivity index (χ1) is 3.29. The molecule has 1 saturated heterocycles. The Morgan fingerprint density at radius 2 is 2.57 bits per heavy atom.